The fourth-order valence-electron chi connectivity index (χ4n) is 3.55. The molecule has 0 bridgehead atoms. The second-order valence-electron chi connectivity index (χ2n) is 6.72. The third-order valence-corrected chi connectivity index (χ3v) is 6.69. The van der Waals surface area contributed by atoms with Crippen molar-refractivity contribution in [3.05, 3.63) is 0 Å². The Morgan fingerprint density at radius 2 is 1.96 bits per heavy atom. The van der Waals surface area contributed by atoms with Crippen LogP contribution < -0.4 is 5.32 Å². The summed E-state index contributed by atoms with van der Waals surface area (Å²) in [4.78, 5) is 14.5. The highest BCUT2D eigenvalue weighted by Crippen LogP contribution is 2.22. The van der Waals surface area contributed by atoms with Crippen LogP contribution in [0.5, 0.6) is 0 Å². The van der Waals surface area contributed by atoms with Gasteiger partial charge in [0.15, 0.2) is 9.84 Å². The number of hydrogen-bond acceptors (Lipinski definition) is 5. The number of nitrogens with zero attached hydrogens (tertiary/aromatic N) is 1. The number of halogens is 1. The Labute approximate surface area is 152 Å². The maximum Gasteiger partial charge on any atom is 0.222 e. The topological polar surface area (TPSA) is 75.7 Å². The average Bonchev–Trinajstić information content (AvgIpc) is 2.90. The maximum atomic E-state index is 12.7. The van der Waals surface area contributed by atoms with Crippen LogP contribution in [0, 0.1) is 5.92 Å². The van der Waals surface area contributed by atoms with E-state index in [2.05, 4.69) is 5.32 Å². The van der Waals surface area contributed by atoms with E-state index < -0.39 is 9.84 Å². The number of piperidine rings is 1. The lowest BCUT2D eigenvalue weighted by Gasteiger charge is -2.29. The number of carbonyl (C=O) groups is 1. The van der Waals surface area contributed by atoms with Gasteiger partial charge in [-0.1, -0.05) is 0 Å². The minimum atomic E-state index is -2.97. The molecule has 8 heteroatoms. The number of methoxy groups -OCH3 is 1. The largest absolute Gasteiger partial charge is 0.385 e. The minimum Gasteiger partial charge on any atom is -0.385 e. The average molecular weight is 383 g/mol. The SMILES string of the molecule is COCCCN(C(=O)CCC1CCNCC1)C1CCS(=O)(=O)C1.Cl. The van der Waals surface area contributed by atoms with Gasteiger partial charge in [-0.3, -0.25) is 4.79 Å². The Balaban J connectivity index is 0.00000288. The Morgan fingerprint density at radius 3 is 2.54 bits per heavy atom. The predicted molar refractivity (Wildman–Crippen MR) is 97.3 cm³/mol. The van der Waals surface area contributed by atoms with Gasteiger partial charge in [-0.05, 0) is 51.1 Å². The summed E-state index contributed by atoms with van der Waals surface area (Å²) in [7, 11) is -1.33. The van der Waals surface area contributed by atoms with E-state index in [9.17, 15) is 13.2 Å². The Morgan fingerprint density at radius 1 is 1.25 bits per heavy atom. The standard InChI is InChI=1S/C16H30N2O4S.ClH/c1-22-11-2-10-18(15-7-12-23(20,21)13-15)16(19)4-3-14-5-8-17-9-6-14;/h14-15,17H,2-13H2,1H3;1H. The molecule has 0 aromatic heterocycles. The third kappa shape index (κ3) is 6.86. The van der Waals surface area contributed by atoms with Gasteiger partial charge in [0.25, 0.3) is 0 Å². The number of hydrogen-bond donors (Lipinski definition) is 1. The number of ether oxygens (including phenoxy) is 1. The highest BCUT2D eigenvalue weighted by atomic mass is 35.5. The van der Waals surface area contributed by atoms with E-state index in [1.807, 2.05) is 4.90 Å². The molecular weight excluding hydrogens is 352 g/mol. The number of rotatable bonds is 8. The van der Waals surface area contributed by atoms with Gasteiger partial charge in [-0.15, -0.1) is 12.4 Å². The number of carbonyl (C=O) groups excluding carboxylic acids is 1. The molecule has 142 valence electrons. The van der Waals surface area contributed by atoms with Gasteiger partial charge >= 0.3 is 0 Å². The summed E-state index contributed by atoms with van der Waals surface area (Å²) in [5.41, 5.74) is 0. The molecule has 2 fully saturated rings. The van der Waals surface area contributed by atoms with Gasteiger partial charge in [0, 0.05) is 32.7 Å². The van der Waals surface area contributed by atoms with Crippen molar-refractivity contribution < 1.29 is 17.9 Å². The van der Waals surface area contributed by atoms with Crippen molar-refractivity contribution in [3.63, 3.8) is 0 Å². The highest BCUT2D eigenvalue weighted by molar-refractivity contribution is 7.91. The van der Waals surface area contributed by atoms with Gasteiger partial charge < -0.3 is 15.0 Å². The molecule has 2 aliphatic heterocycles. The van der Waals surface area contributed by atoms with Gasteiger partial charge in [0.2, 0.25) is 5.91 Å². The number of amides is 1. The minimum absolute atomic E-state index is 0. The second kappa shape index (κ2) is 10.6. The molecule has 2 aliphatic rings. The van der Waals surface area contributed by atoms with Crippen LogP contribution in [0.3, 0.4) is 0 Å². The first-order chi connectivity index (χ1) is 11.0. The molecular formula is C16H31ClN2O4S. The first kappa shape index (κ1) is 21.7. The van der Waals surface area contributed by atoms with E-state index in [1.165, 1.54) is 0 Å². The summed E-state index contributed by atoms with van der Waals surface area (Å²) < 4.78 is 28.5. The first-order valence-corrected chi connectivity index (χ1v) is 10.5. The number of nitrogens with one attached hydrogen (secondary N) is 1. The Hall–Kier alpha value is -0.370. The molecule has 0 aliphatic carbocycles. The molecule has 2 saturated heterocycles. The van der Waals surface area contributed by atoms with Crippen LogP contribution >= 0.6 is 12.4 Å². The van der Waals surface area contributed by atoms with Crippen LogP contribution in [0.2, 0.25) is 0 Å². The lowest BCUT2D eigenvalue weighted by atomic mass is 9.93. The van der Waals surface area contributed by atoms with Gasteiger partial charge in [0.1, 0.15) is 0 Å². The predicted octanol–water partition coefficient (Wildman–Crippen LogP) is 1.24. The molecule has 0 aromatic rings. The fourth-order valence-corrected chi connectivity index (χ4v) is 5.28. The van der Waals surface area contributed by atoms with E-state index in [0.29, 0.717) is 31.9 Å². The normalized spacial score (nSPS) is 23.6. The maximum absolute atomic E-state index is 12.7. The molecule has 1 amide bonds. The smallest absolute Gasteiger partial charge is 0.222 e. The van der Waals surface area contributed by atoms with Crippen molar-refractivity contribution in [2.24, 2.45) is 5.92 Å². The van der Waals surface area contributed by atoms with Crippen molar-refractivity contribution in [1.82, 2.24) is 10.2 Å². The third-order valence-electron chi connectivity index (χ3n) is 4.94. The van der Waals surface area contributed by atoms with Gasteiger partial charge in [0.05, 0.1) is 11.5 Å². The van der Waals surface area contributed by atoms with Crippen LogP contribution in [0.1, 0.15) is 38.5 Å². The summed E-state index contributed by atoms with van der Waals surface area (Å²) in [6, 6.07) is -0.141. The van der Waals surface area contributed by atoms with Crippen LogP contribution in [-0.4, -0.2) is 70.1 Å². The molecule has 0 aromatic carbocycles. The molecule has 1 unspecified atom stereocenters. The van der Waals surface area contributed by atoms with Crippen molar-refractivity contribution in [2.45, 2.75) is 44.6 Å². The summed E-state index contributed by atoms with van der Waals surface area (Å²) in [6.07, 6.45) is 5.05. The molecule has 6 nitrogen and oxygen atoms in total. The van der Waals surface area contributed by atoms with Crippen LogP contribution in [0.15, 0.2) is 0 Å². The molecule has 1 atom stereocenters. The van der Waals surface area contributed by atoms with E-state index in [-0.39, 0.29) is 35.9 Å². The lowest BCUT2D eigenvalue weighted by molar-refractivity contribution is -0.133. The van der Waals surface area contributed by atoms with Gasteiger partial charge in [-0.2, -0.15) is 0 Å². The van der Waals surface area contributed by atoms with Crippen molar-refractivity contribution in [1.29, 1.82) is 0 Å². The van der Waals surface area contributed by atoms with E-state index >= 15 is 0 Å². The second-order valence-corrected chi connectivity index (χ2v) is 8.95. The molecule has 24 heavy (non-hydrogen) atoms. The molecule has 2 heterocycles. The zero-order chi connectivity index (χ0) is 16.7. The van der Waals surface area contributed by atoms with Crippen LogP contribution in [0.4, 0.5) is 0 Å². The molecule has 2 rings (SSSR count). The monoisotopic (exact) mass is 382 g/mol. The molecule has 0 radical (unpaired) electrons. The Bertz CT molecular complexity index is 480. The van der Waals surface area contributed by atoms with Crippen molar-refractivity contribution >= 4 is 28.2 Å². The van der Waals surface area contributed by atoms with E-state index in [1.54, 1.807) is 7.11 Å². The number of sulfone groups is 1. The van der Waals surface area contributed by atoms with E-state index in [4.69, 9.17) is 4.74 Å². The molecule has 1 N–H and O–H groups in total. The summed E-state index contributed by atoms with van der Waals surface area (Å²) in [6.45, 7) is 3.27. The zero-order valence-corrected chi connectivity index (χ0v) is 16.2. The quantitative estimate of drug-likeness (QED) is 0.639. The Kier molecular flexibility index (Phi) is 9.56. The highest BCUT2D eigenvalue weighted by Gasteiger charge is 2.34. The zero-order valence-electron chi connectivity index (χ0n) is 14.5. The van der Waals surface area contributed by atoms with Crippen molar-refractivity contribution in [3.8, 4) is 0 Å². The summed E-state index contributed by atoms with van der Waals surface area (Å²) >= 11 is 0. The summed E-state index contributed by atoms with van der Waals surface area (Å²) in [5.74, 6) is 1.06. The van der Waals surface area contributed by atoms with Crippen LogP contribution in [-0.2, 0) is 19.4 Å². The molecule has 0 spiro atoms. The first-order valence-electron chi connectivity index (χ1n) is 8.71. The van der Waals surface area contributed by atoms with Gasteiger partial charge in [-0.25, -0.2) is 8.42 Å². The fraction of sp³-hybridized carbons (Fsp3) is 0.938. The lowest BCUT2D eigenvalue weighted by Crippen LogP contribution is -2.42. The molecule has 0 saturated carbocycles. The summed E-state index contributed by atoms with van der Waals surface area (Å²) in [5, 5.41) is 3.34. The van der Waals surface area contributed by atoms with Crippen molar-refractivity contribution in [2.75, 3.05) is 44.9 Å². The van der Waals surface area contributed by atoms with E-state index in [0.717, 1.165) is 38.8 Å². The van der Waals surface area contributed by atoms with Crippen LogP contribution in [0.25, 0.3) is 0 Å².